The lowest BCUT2D eigenvalue weighted by Gasteiger charge is -2.29. The van der Waals surface area contributed by atoms with E-state index in [0.717, 1.165) is 145 Å². The smallest absolute Gasteiger partial charge is 0.128 e. The van der Waals surface area contributed by atoms with Crippen molar-refractivity contribution in [3.63, 3.8) is 0 Å². The molecule has 111 heavy (non-hydrogen) atoms. The van der Waals surface area contributed by atoms with Crippen LogP contribution in [0.4, 0.5) is 5.69 Å². The van der Waals surface area contributed by atoms with Gasteiger partial charge in [-0.25, -0.2) is 0 Å². The Bertz CT molecular complexity index is 4600. The minimum atomic E-state index is -0.365. The van der Waals surface area contributed by atoms with Gasteiger partial charge < -0.3 is 33.5 Å². The number of nitroso groups, excluding NO2 is 1. The van der Waals surface area contributed by atoms with E-state index in [0.29, 0.717) is 87.6 Å². The fourth-order valence-electron chi connectivity index (χ4n) is 15.3. The SMILES string of the molecule is CC(C)(C)c1cc2c(OCc3ccccc3)c(c1)Cc1cc(C(C)(C)C)cc3c1OCc1cc(N=O)cc(c1O)COc1c(cc(C(C)(C)C)cc1Cc1cc(C(C)(C)C)cc(c1OCc1ccccc1)Cc1cc(C(C)(C)C)cc(c1OCc1ccccc1)C3)Cc1cc(C(C)(C)C)cc(c1OCc1ccccc1)C2. The van der Waals surface area contributed by atoms with E-state index >= 15 is 0 Å². The van der Waals surface area contributed by atoms with E-state index in [4.69, 9.17) is 28.4 Å². The first-order valence-electron chi connectivity index (χ1n) is 39.7. The third kappa shape index (κ3) is 18.6. The summed E-state index contributed by atoms with van der Waals surface area (Å²) < 4.78 is 45.5. The predicted octanol–water partition coefficient (Wildman–Crippen LogP) is 25.2. The van der Waals surface area contributed by atoms with Gasteiger partial charge in [-0.3, -0.25) is 0 Å². The van der Waals surface area contributed by atoms with Crippen molar-refractivity contribution in [2.45, 2.75) is 235 Å². The fourth-order valence-corrected chi connectivity index (χ4v) is 15.3. The second kappa shape index (κ2) is 31.8. The Morgan fingerprint density at radius 2 is 0.468 bits per heavy atom. The average molecular weight is 1480 g/mol. The molecule has 0 aliphatic carbocycles. The van der Waals surface area contributed by atoms with Crippen molar-refractivity contribution in [1.29, 1.82) is 0 Å². The van der Waals surface area contributed by atoms with Crippen molar-refractivity contribution < 1.29 is 33.5 Å². The highest BCUT2D eigenvalue weighted by molar-refractivity contribution is 5.63. The number of rotatable bonds is 13. The van der Waals surface area contributed by atoms with E-state index in [1.165, 1.54) is 0 Å². The maximum absolute atomic E-state index is 13.4. The monoisotopic (exact) mass is 1480 g/mol. The maximum Gasteiger partial charge on any atom is 0.128 e. The van der Waals surface area contributed by atoms with Crippen LogP contribution in [-0.2, 0) is 111 Å². The molecule has 9 heteroatoms. The van der Waals surface area contributed by atoms with Crippen molar-refractivity contribution in [2.75, 3.05) is 0 Å². The lowest BCUT2D eigenvalue weighted by Crippen LogP contribution is -2.18. The number of hydrogen-bond acceptors (Lipinski definition) is 9. The first kappa shape index (κ1) is 78.7. The van der Waals surface area contributed by atoms with Crippen molar-refractivity contribution in [1.82, 2.24) is 0 Å². The minimum absolute atomic E-state index is 0.0495. The zero-order chi connectivity index (χ0) is 79.0. The Balaban J connectivity index is 1.22. The van der Waals surface area contributed by atoms with Crippen LogP contribution in [-0.4, -0.2) is 5.11 Å². The van der Waals surface area contributed by atoms with Gasteiger partial charge in [0.15, 0.2) is 0 Å². The van der Waals surface area contributed by atoms with Gasteiger partial charge in [0.1, 0.15) is 85.6 Å². The molecule has 574 valence electrons. The second-order valence-corrected chi connectivity index (χ2v) is 37.2. The van der Waals surface area contributed by atoms with Crippen LogP contribution in [0.2, 0.25) is 0 Å². The molecule has 2 aliphatic rings. The highest BCUT2D eigenvalue weighted by Crippen LogP contribution is 2.48. The van der Waals surface area contributed by atoms with Gasteiger partial charge in [0.05, 0.1) is 0 Å². The standard InChI is InChI=1S/C102H113NO8/c1-97(2,3)83-45-69-39-70-46-84(98(4,5)6)50-74(92(70)107-60-66-33-25-20-26-34-66)42-79-55-88(102(16,17)18)56-80-44-76-52-86(100(10,11)12)48-72(94(76)109-62-68-37-29-22-30-38-68)40-71-47-85(99(7,8)9)51-75(93(71)108-61-67-35-27-21-28-36-67)43-78-54-87(101(13,14)15)53-77(41-73(49-83)91(69)106-59-65-31-23-19-24-32-65)95(78)110-63-81-57-89(103-105)58-82(90(81)104)64-111-96(79)80/h19-38,45-58,104H,39-44,59-64H2,1-18H3. The van der Waals surface area contributed by atoms with Crippen LogP contribution < -0.4 is 28.4 Å². The Morgan fingerprint density at radius 3 is 0.658 bits per heavy atom. The van der Waals surface area contributed by atoms with Crippen molar-refractivity contribution in [3.8, 4) is 40.2 Å². The molecule has 1 N–H and O–H groups in total. The topological polar surface area (TPSA) is 105 Å². The van der Waals surface area contributed by atoms with Crippen LogP contribution >= 0.6 is 0 Å². The summed E-state index contributed by atoms with van der Waals surface area (Å²) in [4.78, 5) is 13.4. The van der Waals surface area contributed by atoms with Gasteiger partial charge >= 0.3 is 0 Å². The molecule has 0 spiro atoms. The van der Waals surface area contributed by atoms with Gasteiger partial charge in [-0.2, -0.15) is 0 Å². The quantitative estimate of drug-likeness (QED) is 0.114. The molecule has 11 aromatic carbocycles. The van der Waals surface area contributed by atoms with Gasteiger partial charge in [0.25, 0.3) is 0 Å². The summed E-state index contributed by atoms with van der Waals surface area (Å²) in [5.41, 5.74) is 21.7. The molecule has 13 rings (SSSR count). The van der Waals surface area contributed by atoms with Crippen LogP contribution in [0.25, 0.3) is 0 Å². The van der Waals surface area contributed by atoms with Crippen LogP contribution in [0, 0.1) is 4.91 Å². The second-order valence-electron chi connectivity index (χ2n) is 37.2. The van der Waals surface area contributed by atoms with E-state index in [1.807, 2.05) is 24.3 Å². The van der Waals surface area contributed by atoms with E-state index < -0.39 is 0 Å². The van der Waals surface area contributed by atoms with E-state index in [2.05, 4.69) is 300 Å². The lowest BCUT2D eigenvalue weighted by molar-refractivity contribution is 0.280. The Morgan fingerprint density at radius 1 is 0.279 bits per heavy atom. The zero-order valence-corrected chi connectivity index (χ0v) is 68.9. The summed E-state index contributed by atoms with van der Waals surface area (Å²) in [6, 6.07) is 73.4. The highest BCUT2D eigenvalue weighted by atomic mass is 16.5. The molecule has 0 aromatic heterocycles. The van der Waals surface area contributed by atoms with Crippen LogP contribution in [0.3, 0.4) is 0 Å². The van der Waals surface area contributed by atoms with Crippen molar-refractivity contribution in [2.24, 2.45) is 5.18 Å². The number of fused-ring (bicyclic) bond motifs is 10. The summed E-state index contributed by atoms with van der Waals surface area (Å²) in [5, 5.41) is 16.8. The molecule has 12 bridgehead atoms. The van der Waals surface area contributed by atoms with E-state index in [-0.39, 0.29) is 57.1 Å². The van der Waals surface area contributed by atoms with Crippen molar-refractivity contribution >= 4 is 5.69 Å². The Kier molecular flexibility index (Phi) is 22.5. The molecule has 9 nitrogen and oxygen atoms in total. The molecule has 0 amide bonds. The molecule has 0 saturated carbocycles. The number of hydrogen-bond donors (Lipinski definition) is 1. The number of phenolic OH excluding ortho intramolecular Hbond substituents is 1. The molecule has 2 aliphatic heterocycles. The first-order valence-corrected chi connectivity index (χ1v) is 39.7. The lowest BCUT2D eigenvalue weighted by atomic mass is 9.79. The molecule has 0 radical (unpaired) electrons. The summed E-state index contributed by atoms with van der Waals surface area (Å²) in [6.45, 7) is 42.2. The van der Waals surface area contributed by atoms with Gasteiger partial charge in [0.2, 0.25) is 0 Å². The third-order valence-electron chi connectivity index (χ3n) is 21.9. The van der Waals surface area contributed by atoms with Gasteiger partial charge in [-0.05, 0) is 172 Å². The van der Waals surface area contributed by atoms with Crippen molar-refractivity contribution in [3.05, 3.63) is 345 Å². The zero-order valence-electron chi connectivity index (χ0n) is 68.9. The maximum atomic E-state index is 13.4. The van der Waals surface area contributed by atoms with Gasteiger partial charge in [-0.1, -0.05) is 319 Å². The summed E-state index contributed by atoms with van der Waals surface area (Å²) in [7, 11) is 0. The Labute approximate surface area is 660 Å². The highest BCUT2D eigenvalue weighted by Gasteiger charge is 2.33. The normalized spacial score (nSPS) is 13.6. The van der Waals surface area contributed by atoms with E-state index in [1.54, 1.807) is 12.1 Å². The number of nitrogens with zero attached hydrogens (tertiary/aromatic N) is 1. The summed E-state index contributed by atoms with van der Waals surface area (Å²) in [6.07, 6.45) is 2.47. The molecule has 0 saturated heterocycles. The Hall–Kier alpha value is -10.4. The molecule has 0 fully saturated rings. The molecular weight excluding hydrogens is 1370 g/mol. The van der Waals surface area contributed by atoms with Crippen LogP contribution in [0.1, 0.15) is 258 Å². The average Bonchev–Trinajstić information content (AvgIpc) is 0.764. The van der Waals surface area contributed by atoms with E-state index in [9.17, 15) is 10.0 Å². The number of ether oxygens (including phenoxy) is 6. The molecular formula is C102H113NO8. The molecule has 0 unspecified atom stereocenters. The third-order valence-corrected chi connectivity index (χ3v) is 21.9. The minimum Gasteiger partial charge on any atom is -0.507 e. The number of aromatic hydroxyl groups is 1. The summed E-state index contributed by atoms with van der Waals surface area (Å²) in [5.74, 6) is 4.39. The van der Waals surface area contributed by atoms with Gasteiger partial charge in [0, 0.05) is 49.7 Å². The largest absolute Gasteiger partial charge is 0.507 e. The molecule has 0 atom stereocenters. The van der Waals surface area contributed by atoms with Crippen LogP contribution in [0.15, 0.2) is 211 Å². The predicted molar refractivity (Wildman–Crippen MR) is 453 cm³/mol. The van der Waals surface area contributed by atoms with Crippen LogP contribution in [0.5, 0.6) is 40.2 Å². The molecule has 11 aromatic rings. The van der Waals surface area contributed by atoms with Gasteiger partial charge in [-0.15, -0.1) is 4.91 Å². The number of benzene rings is 11. The number of phenols is 1. The molecule has 2 heterocycles. The summed E-state index contributed by atoms with van der Waals surface area (Å²) >= 11 is 0. The first-order chi connectivity index (χ1) is 52.6. The fraction of sp³-hybridized carbons (Fsp3) is 0.353.